The molecule has 22 heavy (non-hydrogen) atoms. The Bertz CT molecular complexity index is 565. The van der Waals surface area contributed by atoms with Crippen LogP contribution in [0.4, 0.5) is 4.39 Å². The van der Waals surface area contributed by atoms with E-state index in [1.165, 1.54) is 11.1 Å². The maximum atomic E-state index is 13.2. The summed E-state index contributed by atoms with van der Waals surface area (Å²) in [4.78, 5) is 6.60. The molecule has 1 fully saturated rings. The highest BCUT2D eigenvalue weighted by Crippen LogP contribution is 2.28. The fraction of sp³-hybridized carbons (Fsp3) is 0.389. The van der Waals surface area contributed by atoms with Gasteiger partial charge in [0.2, 0.25) is 0 Å². The van der Waals surface area contributed by atoms with Gasteiger partial charge in [-0.05, 0) is 48.4 Å². The maximum Gasteiger partial charge on any atom is 0.123 e. The first-order valence-electron chi connectivity index (χ1n) is 7.91. The van der Waals surface area contributed by atoms with Gasteiger partial charge < -0.3 is 10.2 Å². The molecule has 2 aromatic rings. The summed E-state index contributed by atoms with van der Waals surface area (Å²) < 4.78 is 13.2. The summed E-state index contributed by atoms with van der Waals surface area (Å²) in [7, 11) is 0. The van der Waals surface area contributed by atoms with E-state index in [2.05, 4.69) is 27.3 Å². The predicted molar refractivity (Wildman–Crippen MR) is 86.4 cm³/mol. The van der Waals surface area contributed by atoms with E-state index in [0.717, 1.165) is 39.1 Å². The Morgan fingerprint density at radius 2 is 1.64 bits per heavy atom. The molecular weight excluding hydrogens is 277 g/mol. The third kappa shape index (κ3) is 3.90. The van der Waals surface area contributed by atoms with Crippen LogP contribution in [0.1, 0.15) is 23.5 Å². The summed E-state index contributed by atoms with van der Waals surface area (Å²) in [5, 5.41) is 3.38. The van der Waals surface area contributed by atoms with E-state index < -0.39 is 0 Å². The molecule has 1 aromatic heterocycles. The number of aromatic nitrogens is 1. The fourth-order valence-electron chi connectivity index (χ4n) is 3.06. The van der Waals surface area contributed by atoms with Crippen molar-refractivity contribution in [3.63, 3.8) is 0 Å². The average molecular weight is 299 g/mol. The molecule has 0 bridgehead atoms. The Kier molecular flexibility index (Phi) is 5.14. The molecule has 1 unspecified atom stereocenters. The van der Waals surface area contributed by atoms with E-state index in [1.54, 1.807) is 12.1 Å². The topological polar surface area (TPSA) is 28.2 Å². The van der Waals surface area contributed by atoms with Crippen LogP contribution >= 0.6 is 0 Å². The van der Waals surface area contributed by atoms with E-state index in [-0.39, 0.29) is 5.82 Å². The fourth-order valence-corrected chi connectivity index (χ4v) is 3.06. The Morgan fingerprint density at radius 3 is 2.32 bits per heavy atom. The first kappa shape index (κ1) is 15.1. The molecule has 116 valence electrons. The number of hydrogen-bond donors (Lipinski definition) is 1. The molecule has 2 heterocycles. The molecule has 1 aliphatic rings. The summed E-state index contributed by atoms with van der Waals surface area (Å²) in [5.41, 5.74) is 2.42. The van der Waals surface area contributed by atoms with Gasteiger partial charge in [-0.3, -0.25) is 4.98 Å². The largest absolute Gasteiger partial charge is 0.314 e. The van der Waals surface area contributed by atoms with Gasteiger partial charge in [-0.1, -0.05) is 12.1 Å². The van der Waals surface area contributed by atoms with Gasteiger partial charge in [-0.25, -0.2) is 4.39 Å². The van der Waals surface area contributed by atoms with Gasteiger partial charge in [-0.2, -0.15) is 0 Å². The van der Waals surface area contributed by atoms with Gasteiger partial charge in [0.05, 0.1) is 0 Å². The average Bonchev–Trinajstić information content (AvgIpc) is 2.58. The van der Waals surface area contributed by atoms with E-state index in [9.17, 15) is 4.39 Å². The van der Waals surface area contributed by atoms with Crippen LogP contribution in [0, 0.1) is 5.82 Å². The number of nitrogens with zero attached hydrogens (tertiary/aromatic N) is 2. The second-order valence-corrected chi connectivity index (χ2v) is 5.76. The van der Waals surface area contributed by atoms with Crippen LogP contribution in [0.5, 0.6) is 0 Å². The number of halogens is 1. The Morgan fingerprint density at radius 1 is 1.00 bits per heavy atom. The number of rotatable bonds is 5. The maximum absolute atomic E-state index is 13.2. The predicted octanol–water partition coefficient (Wildman–Crippen LogP) is 2.65. The van der Waals surface area contributed by atoms with Crippen molar-refractivity contribution in [3.8, 4) is 0 Å². The minimum absolute atomic E-state index is 0.181. The van der Waals surface area contributed by atoms with Crippen LogP contribution in [-0.4, -0.2) is 42.6 Å². The van der Waals surface area contributed by atoms with Gasteiger partial charge in [0.1, 0.15) is 5.82 Å². The summed E-state index contributed by atoms with van der Waals surface area (Å²) in [6.07, 6.45) is 4.70. The van der Waals surface area contributed by atoms with E-state index in [0.29, 0.717) is 5.92 Å². The number of hydrogen-bond acceptors (Lipinski definition) is 3. The molecule has 1 N–H and O–H groups in total. The normalized spacial score (nSPS) is 17.3. The number of piperazine rings is 1. The highest BCUT2D eigenvalue weighted by Gasteiger charge is 2.17. The van der Waals surface area contributed by atoms with Crippen LogP contribution in [0.15, 0.2) is 48.8 Å². The van der Waals surface area contributed by atoms with Crippen LogP contribution in [0.2, 0.25) is 0 Å². The number of benzene rings is 1. The summed E-state index contributed by atoms with van der Waals surface area (Å²) in [5.74, 6) is 0.109. The molecule has 3 rings (SSSR count). The van der Waals surface area contributed by atoms with Crippen molar-refractivity contribution in [1.29, 1.82) is 0 Å². The molecule has 1 saturated heterocycles. The van der Waals surface area contributed by atoms with E-state index in [1.807, 2.05) is 24.5 Å². The first-order valence-corrected chi connectivity index (χ1v) is 7.91. The molecule has 0 amide bonds. The van der Waals surface area contributed by atoms with Crippen molar-refractivity contribution >= 4 is 0 Å². The summed E-state index contributed by atoms with van der Waals surface area (Å²) in [6.45, 7) is 5.40. The van der Waals surface area contributed by atoms with Gasteiger partial charge in [0.25, 0.3) is 0 Å². The first-order chi connectivity index (χ1) is 10.8. The molecule has 0 saturated carbocycles. The van der Waals surface area contributed by atoms with Gasteiger partial charge in [-0.15, -0.1) is 0 Å². The lowest BCUT2D eigenvalue weighted by Gasteiger charge is -2.29. The smallest absolute Gasteiger partial charge is 0.123 e. The van der Waals surface area contributed by atoms with Crippen molar-refractivity contribution in [2.75, 3.05) is 32.7 Å². The SMILES string of the molecule is Fc1ccc(C(CCN2CCNCC2)c2ccncc2)cc1. The van der Waals surface area contributed by atoms with Crippen molar-refractivity contribution in [2.45, 2.75) is 12.3 Å². The molecule has 1 aromatic carbocycles. The Balaban J connectivity index is 1.75. The van der Waals surface area contributed by atoms with E-state index >= 15 is 0 Å². The van der Waals surface area contributed by atoms with Crippen LogP contribution in [0.3, 0.4) is 0 Å². The van der Waals surface area contributed by atoms with Crippen LogP contribution in [0.25, 0.3) is 0 Å². The van der Waals surface area contributed by atoms with E-state index in [4.69, 9.17) is 0 Å². The minimum Gasteiger partial charge on any atom is -0.314 e. The zero-order valence-electron chi connectivity index (χ0n) is 12.7. The standard InChI is InChI=1S/C18H22FN3/c19-17-3-1-15(2-4-17)18(16-5-8-20-9-6-16)7-12-22-13-10-21-11-14-22/h1-6,8-9,18,21H,7,10-14H2. The van der Waals surface area contributed by atoms with Crippen molar-refractivity contribution in [1.82, 2.24) is 15.2 Å². The Hall–Kier alpha value is -1.78. The highest BCUT2D eigenvalue weighted by atomic mass is 19.1. The quantitative estimate of drug-likeness (QED) is 0.920. The van der Waals surface area contributed by atoms with Gasteiger partial charge in [0, 0.05) is 44.5 Å². The second kappa shape index (κ2) is 7.47. The zero-order chi connectivity index (χ0) is 15.2. The van der Waals surface area contributed by atoms with Crippen molar-refractivity contribution in [2.24, 2.45) is 0 Å². The third-order valence-corrected chi connectivity index (χ3v) is 4.32. The van der Waals surface area contributed by atoms with Gasteiger partial charge >= 0.3 is 0 Å². The molecule has 0 radical (unpaired) electrons. The minimum atomic E-state index is -0.181. The lowest BCUT2D eigenvalue weighted by molar-refractivity contribution is 0.235. The highest BCUT2D eigenvalue weighted by molar-refractivity contribution is 5.31. The third-order valence-electron chi connectivity index (χ3n) is 4.32. The summed E-state index contributed by atoms with van der Waals surface area (Å²) >= 11 is 0. The molecule has 1 aliphatic heterocycles. The van der Waals surface area contributed by atoms with Crippen molar-refractivity contribution in [3.05, 3.63) is 65.7 Å². The van der Waals surface area contributed by atoms with Crippen molar-refractivity contribution < 1.29 is 4.39 Å². The van der Waals surface area contributed by atoms with Crippen LogP contribution in [-0.2, 0) is 0 Å². The van der Waals surface area contributed by atoms with Crippen LogP contribution < -0.4 is 5.32 Å². The number of pyridine rings is 1. The Labute approximate surface area is 131 Å². The molecular formula is C18H22FN3. The molecule has 0 spiro atoms. The zero-order valence-corrected chi connectivity index (χ0v) is 12.7. The molecule has 0 aliphatic carbocycles. The summed E-state index contributed by atoms with van der Waals surface area (Å²) in [6, 6.07) is 11.0. The second-order valence-electron chi connectivity index (χ2n) is 5.76. The molecule has 4 heteroatoms. The monoisotopic (exact) mass is 299 g/mol. The number of nitrogens with one attached hydrogen (secondary N) is 1. The molecule has 3 nitrogen and oxygen atoms in total. The lowest BCUT2D eigenvalue weighted by Crippen LogP contribution is -2.44. The lowest BCUT2D eigenvalue weighted by atomic mass is 9.89. The molecule has 1 atom stereocenters. The van der Waals surface area contributed by atoms with Gasteiger partial charge in [0.15, 0.2) is 0 Å².